The third-order valence-corrected chi connectivity index (χ3v) is 4.07. The van der Waals surface area contributed by atoms with E-state index in [1.807, 2.05) is 31.2 Å². The molecule has 130 valence electrons. The maximum atomic E-state index is 12.2. The predicted molar refractivity (Wildman–Crippen MR) is 95.1 cm³/mol. The fourth-order valence-electron chi connectivity index (χ4n) is 2.47. The van der Waals surface area contributed by atoms with E-state index in [0.29, 0.717) is 0 Å². The molecule has 0 fully saturated rings. The van der Waals surface area contributed by atoms with E-state index in [-0.39, 0.29) is 17.8 Å². The molecule has 1 heterocycles. The number of esters is 1. The van der Waals surface area contributed by atoms with Gasteiger partial charge in [0.1, 0.15) is 11.9 Å². The van der Waals surface area contributed by atoms with Crippen LogP contribution in [-0.4, -0.2) is 44.2 Å². The predicted octanol–water partition coefficient (Wildman–Crippen LogP) is 4.07. The van der Waals surface area contributed by atoms with E-state index >= 15 is 0 Å². The first-order valence-corrected chi connectivity index (χ1v) is 8.42. The summed E-state index contributed by atoms with van der Waals surface area (Å²) in [6.45, 7) is 4.93. The van der Waals surface area contributed by atoms with Gasteiger partial charge in [0, 0.05) is 12.3 Å². The Kier molecular flexibility index (Phi) is 5.84. The highest BCUT2D eigenvalue weighted by molar-refractivity contribution is 5.86. The lowest BCUT2D eigenvalue weighted by molar-refractivity contribution is -0.870. The topological polar surface area (TPSA) is 39.4 Å². The molecule has 4 heteroatoms. The first-order chi connectivity index (χ1) is 11.3. The molecule has 2 atom stereocenters. The van der Waals surface area contributed by atoms with Gasteiger partial charge in [-0.1, -0.05) is 37.3 Å². The summed E-state index contributed by atoms with van der Waals surface area (Å²) in [6, 6.07) is 13.6. The van der Waals surface area contributed by atoms with Crippen molar-refractivity contribution >= 4 is 5.97 Å². The lowest BCUT2D eigenvalue weighted by atomic mass is 9.99. The molecule has 4 nitrogen and oxygen atoms in total. The quantitative estimate of drug-likeness (QED) is 0.567. The van der Waals surface area contributed by atoms with Gasteiger partial charge in [0.15, 0.2) is 0 Å². The van der Waals surface area contributed by atoms with Crippen LogP contribution >= 0.6 is 0 Å². The van der Waals surface area contributed by atoms with Crippen LogP contribution in [0.5, 0.6) is 0 Å². The van der Waals surface area contributed by atoms with Gasteiger partial charge in [-0.3, -0.25) is 0 Å². The van der Waals surface area contributed by atoms with Crippen molar-refractivity contribution in [3.05, 3.63) is 59.5 Å². The normalized spacial score (nSPS) is 14.2. The average Bonchev–Trinajstić information content (AvgIpc) is 3.02. The minimum atomic E-state index is -0.393. The van der Waals surface area contributed by atoms with Crippen molar-refractivity contribution in [2.75, 3.05) is 27.7 Å². The van der Waals surface area contributed by atoms with Gasteiger partial charge in [0.25, 0.3) is 0 Å². The summed E-state index contributed by atoms with van der Waals surface area (Å²) < 4.78 is 12.1. The van der Waals surface area contributed by atoms with Gasteiger partial charge in [0.2, 0.25) is 5.76 Å². The number of rotatable bonds is 7. The van der Waals surface area contributed by atoms with Crippen LogP contribution in [0.1, 0.15) is 48.1 Å². The summed E-state index contributed by atoms with van der Waals surface area (Å²) in [4.78, 5) is 12.2. The summed E-state index contributed by atoms with van der Waals surface area (Å²) in [6.07, 6.45) is 0.693. The molecule has 1 aromatic heterocycles. The highest BCUT2D eigenvalue weighted by atomic mass is 16.6. The molecule has 2 rings (SSSR count). The fourth-order valence-corrected chi connectivity index (χ4v) is 2.47. The van der Waals surface area contributed by atoms with Gasteiger partial charge >= 0.3 is 5.97 Å². The van der Waals surface area contributed by atoms with Gasteiger partial charge in [-0.2, -0.15) is 0 Å². The number of carbonyl (C=O) groups is 1. The van der Waals surface area contributed by atoms with Crippen molar-refractivity contribution < 1.29 is 18.4 Å². The van der Waals surface area contributed by atoms with Crippen molar-refractivity contribution in [2.45, 2.75) is 32.3 Å². The Morgan fingerprint density at radius 1 is 1.08 bits per heavy atom. The Hall–Kier alpha value is -2.07. The smallest absolute Gasteiger partial charge is 0.374 e. The second kappa shape index (κ2) is 7.67. The molecule has 0 amide bonds. The van der Waals surface area contributed by atoms with Crippen molar-refractivity contribution in [3.63, 3.8) is 0 Å². The molecule has 0 bridgehead atoms. The Bertz CT molecular complexity index is 655. The summed E-state index contributed by atoms with van der Waals surface area (Å²) >= 11 is 0. The zero-order valence-electron chi connectivity index (χ0n) is 15.3. The zero-order chi connectivity index (χ0) is 17.7. The van der Waals surface area contributed by atoms with Gasteiger partial charge < -0.3 is 13.6 Å². The summed E-state index contributed by atoms with van der Waals surface area (Å²) in [5, 5.41) is 0. The van der Waals surface area contributed by atoms with E-state index in [1.165, 1.54) is 0 Å². The van der Waals surface area contributed by atoms with Gasteiger partial charge in [0.05, 0.1) is 27.7 Å². The molecular formula is C20H28NO3+. The molecule has 0 aliphatic carbocycles. The second-order valence-corrected chi connectivity index (χ2v) is 7.35. The van der Waals surface area contributed by atoms with Crippen LogP contribution in [0, 0.1) is 0 Å². The highest BCUT2D eigenvalue weighted by Crippen LogP contribution is 2.26. The maximum absolute atomic E-state index is 12.2. The summed E-state index contributed by atoms with van der Waals surface area (Å²) in [5.41, 5.74) is 1.16. The monoisotopic (exact) mass is 330 g/mol. The van der Waals surface area contributed by atoms with Gasteiger partial charge in [-0.05, 0) is 24.6 Å². The summed E-state index contributed by atoms with van der Waals surface area (Å²) in [5.74, 6) is 0.746. The molecule has 0 aliphatic rings. The molecule has 0 saturated heterocycles. The number of hydrogen-bond acceptors (Lipinski definition) is 3. The first kappa shape index (κ1) is 18.3. The van der Waals surface area contributed by atoms with Crippen molar-refractivity contribution in [2.24, 2.45) is 0 Å². The van der Waals surface area contributed by atoms with E-state index in [1.54, 1.807) is 6.07 Å². The fraction of sp³-hybridized carbons (Fsp3) is 0.450. The molecule has 1 aromatic carbocycles. The van der Waals surface area contributed by atoms with Crippen LogP contribution in [-0.2, 0) is 4.74 Å². The van der Waals surface area contributed by atoms with Crippen LogP contribution in [0.25, 0.3) is 0 Å². The van der Waals surface area contributed by atoms with E-state index in [9.17, 15) is 4.79 Å². The Balaban J connectivity index is 1.96. The third kappa shape index (κ3) is 5.24. The molecule has 24 heavy (non-hydrogen) atoms. The number of hydrogen-bond donors (Lipinski definition) is 0. The van der Waals surface area contributed by atoms with Crippen LogP contribution in [0.15, 0.2) is 46.9 Å². The molecule has 0 N–H and O–H groups in total. The molecule has 0 aliphatic heterocycles. The van der Waals surface area contributed by atoms with Crippen LogP contribution in [0.2, 0.25) is 0 Å². The molecule has 0 unspecified atom stereocenters. The average molecular weight is 330 g/mol. The van der Waals surface area contributed by atoms with Crippen LogP contribution in [0.3, 0.4) is 0 Å². The largest absolute Gasteiger partial charge is 0.457 e. The number of quaternary nitrogens is 1. The Morgan fingerprint density at radius 2 is 1.75 bits per heavy atom. The standard InChI is InChI=1S/C20H28NO3/c1-15(13-14-21(3,4)5)23-20(22)19-12-11-18(24-19)16(2)17-9-7-6-8-10-17/h6-12,15-16H,13-14H2,1-5H3/q+1/t15-,16+/m1/s1. The lowest BCUT2D eigenvalue weighted by Crippen LogP contribution is -2.37. The second-order valence-electron chi connectivity index (χ2n) is 7.35. The van der Waals surface area contributed by atoms with E-state index in [4.69, 9.17) is 9.15 Å². The van der Waals surface area contributed by atoms with Crippen LogP contribution in [0.4, 0.5) is 0 Å². The van der Waals surface area contributed by atoms with Gasteiger partial charge in [-0.15, -0.1) is 0 Å². The maximum Gasteiger partial charge on any atom is 0.374 e. The number of carbonyl (C=O) groups excluding carboxylic acids is 1. The SMILES string of the molecule is C[C@@H](c1ccccc1)c1ccc(C(=O)O[C@H](C)CC[N+](C)(C)C)o1. The molecule has 0 radical (unpaired) electrons. The Morgan fingerprint density at radius 3 is 2.38 bits per heavy atom. The number of furan rings is 1. The van der Waals surface area contributed by atoms with Crippen molar-refractivity contribution in [1.29, 1.82) is 0 Å². The molecule has 0 spiro atoms. The molecule has 0 saturated carbocycles. The summed E-state index contributed by atoms with van der Waals surface area (Å²) in [7, 11) is 6.37. The van der Waals surface area contributed by atoms with E-state index in [2.05, 4.69) is 40.2 Å². The first-order valence-electron chi connectivity index (χ1n) is 8.42. The minimum absolute atomic E-state index is 0.100. The lowest BCUT2D eigenvalue weighted by Gasteiger charge is -2.25. The van der Waals surface area contributed by atoms with Crippen molar-refractivity contribution in [3.8, 4) is 0 Å². The number of ether oxygens (including phenoxy) is 1. The van der Waals surface area contributed by atoms with Gasteiger partial charge in [-0.25, -0.2) is 4.79 Å². The number of benzene rings is 1. The molecule has 2 aromatic rings. The molecular weight excluding hydrogens is 302 g/mol. The minimum Gasteiger partial charge on any atom is -0.457 e. The number of nitrogens with zero attached hydrogens (tertiary/aromatic N) is 1. The third-order valence-electron chi connectivity index (χ3n) is 4.07. The highest BCUT2D eigenvalue weighted by Gasteiger charge is 2.20. The van der Waals surface area contributed by atoms with E-state index < -0.39 is 5.97 Å². The zero-order valence-corrected chi connectivity index (χ0v) is 15.3. The van der Waals surface area contributed by atoms with E-state index in [0.717, 1.165) is 28.8 Å². The van der Waals surface area contributed by atoms with Crippen molar-refractivity contribution in [1.82, 2.24) is 0 Å². The Labute approximate surface area is 144 Å². The van der Waals surface area contributed by atoms with Crippen LogP contribution < -0.4 is 0 Å².